The second-order valence-electron chi connectivity index (χ2n) is 5.58. The van der Waals surface area contributed by atoms with E-state index in [-0.39, 0.29) is 36.1 Å². The van der Waals surface area contributed by atoms with Gasteiger partial charge in [-0.15, -0.1) is 0 Å². The number of para-hydroxylation sites is 1. The zero-order valence-corrected chi connectivity index (χ0v) is 14.4. The number of carbonyl (C=O) groups excluding carboxylic acids is 2. The van der Waals surface area contributed by atoms with Crippen LogP contribution in [0.1, 0.15) is 60.2 Å². The zero-order chi connectivity index (χ0) is 18.8. The van der Waals surface area contributed by atoms with Gasteiger partial charge < -0.3 is 15.7 Å². The van der Waals surface area contributed by atoms with E-state index >= 15 is 0 Å². The molecule has 0 radical (unpaired) electrons. The van der Waals surface area contributed by atoms with E-state index in [9.17, 15) is 14.7 Å². The van der Waals surface area contributed by atoms with Crippen LogP contribution in [-0.2, 0) is 0 Å². The number of carbonyl (C=O) groups is 2. The fraction of sp³-hybridized carbons (Fsp3) is 0.444. The second kappa shape index (κ2) is 9.94. The zero-order valence-electron chi connectivity index (χ0n) is 14.4. The molecule has 0 saturated heterocycles. The summed E-state index contributed by atoms with van der Waals surface area (Å²) in [7, 11) is 0. The Morgan fingerprint density at radius 3 is 1.72 bits per heavy atom. The number of hydrogen-bond donors (Lipinski definition) is 3. The molecular weight excluding hydrogens is 320 g/mol. The molecule has 3 N–H and O–H groups in total. The van der Waals surface area contributed by atoms with Crippen LogP contribution in [0.15, 0.2) is 18.2 Å². The van der Waals surface area contributed by atoms with Crippen molar-refractivity contribution >= 4 is 11.8 Å². The molecule has 2 atom stereocenters. The van der Waals surface area contributed by atoms with Crippen LogP contribution in [0.5, 0.6) is 5.75 Å². The van der Waals surface area contributed by atoms with Gasteiger partial charge in [0.2, 0.25) is 0 Å². The molecule has 0 aliphatic heterocycles. The standard InChI is InChI=1S/C18H22N4O3/c1-3-12(8-10-19)21-17(24)14-6-5-7-15(16(14)23)18(25)22-13(4-2)9-11-20/h5-7,12-13,23H,3-4,8-9H2,1-2H3,(H,21,24)(H,22,25)/t12-,13-/m1/s1. The first-order valence-corrected chi connectivity index (χ1v) is 8.15. The number of phenols is 1. The lowest BCUT2D eigenvalue weighted by Gasteiger charge is -2.17. The fourth-order valence-electron chi connectivity index (χ4n) is 2.25. The normalized spacial score (nSPS) is 12.3. The summed E-state index contributed by atoms with van der Waals surface area (Å²) < 4.78 is 0. The molecule has 0 aromatic heterocycles. The molecule has 0 spiro atoms. The topological polar surface area (TPSA) is 126 Å². The lowest BCUT2D eigenvalue weighted by atomic mass is 10.0. The van der Waals surface area contributed by atoms with E-state index in [4.69, 9.17) is 10.5 Å². The highest BCUT2D eigenvalue weighted by Crippen LogP contribution is 2.23. The van der Waals surface area contributed by atoms with Crippen molar-refractivity contribution in [3.8, 4) is 17.9 Å². The Balaban J connectivity index is 2.98. The first-order valence-electron chi connectivity index (χ1n) is 8.15. The van der Waals surface area contributed by atoms with E-state index in [0.717, 1.165) is 0 Å². The van der Waals surface area contributed by atoms with Crippen molar-refractivity contribution in [1.82, 2.24) is 10.6 Å². The number of nitriles is 2. The van der Waals surface area contributed by atoms with Crippen molar-refractivity contribution < 1.29 is 14.7 Å². The molecule has 132 valence electrons. The summed E-state index contributed by atoms with van der Waals surface area (Å²) in [5.41, 5.74) is -0.0604. The number of phenolic OH excluding ortho intramolecular Hbond substituents is 1. The average molecular weight is 342 g/mol. The third-order valence-corrected chi connectivity index (χ3v) is 3.86. The minimum atomic E-state index is -0.543. The molecule has 1 rings (SSSR count). The molecule has 0 saturated carbocycles. The summed E-state index contributed by atoms with van der Waals surface area (Å²) in [5, 5.41) is 33.1. The molecule has 0 unspecified atom stereocenters. The highest BCUT2D eigenvalue weighted by molar-refractivity contribution is 6.04. The molecule has 1 aromatic carbocycles. The second-order valence-corrected chi connectivity index (χ2v) is 5.58. The van der Waals surface area contributed by atoms with Crippen molar-refractivity contribution in [2.75, 3.05) is 0 Å². The maximum atomic E-state index is 12.3. The smallest absolute Gasteiger partial charge is 0.255 e. The number of nitrogens with one attached hydrogen (secondary N) is 2. The Kier molecular flexibility index (Phi) is 7.95. The molecule has 2 amide bonds. The molecule has 25 heavy (non-hydrogen) atoms. The number of nitrogens with zero attached hydrogens (tertiary/aromatic N) is 2. The van der Waals surface area contributed by atoms with Crippen molar-refractivity contribution in [3.05, 3.63) is 29.3 Å². The maximum Gasteiger partial charge on any atom is 0.255 e. The first-order chi connectivity index (χ1) is 12.0. The monoisotopic (exact) mass is 342 g/mol. The van der Waals surface area contributed by atoms with Gasteiger partial charge in [0.1, 0.15) is 5.75 Å². The summed E-state index contributed by atoms with van der Waals surface area (Å²) in [6, 6.07) is 7.65. The first kappa shape index (κ1) is 20.0. The average Bonchev–Trinajstić information content (AvgIpc) is 2.60. The van der Waals surface area contributed by atoms with Gasteiger partial charge in [-0.1, -0.05) is 19.9 Å². The lowest BCUT2D eigenvalue weighted by molar-refractivity contribution is 0.0932. The maximum absolute atomic E-state index is 12.3. The molecule has 0 aliphatic rings. The van der Waals surface area contributed by atoms with Crippen LogP contribution in [0.3, 0.4) is 0 Å². The third-order valence-electron chi connectivity index (χ3n) is 3.86. The Labute approximate surface area is 147 Å². The van der Waals surface area contributed by atoms with Crippen LogP contribution in [0.25, 0.3) is 0 Å². The SMILES string of the molecule is CC[C@H](CC#N)NC(=O)c1cccc(C(=O)N[C@H](CC)CC#N)c1O. The van der Waals surface area contributed by atoms with Gasteiger partial charge in [-0.2, -0.15) is 10.5 Å². The number of rotatable bonds is 8. The largest absolute Gasteiger partial charge is 0.506 e. The predicted molar refractivity (Wildman–Crippen MR) is 91.7 cm³/mol. The van der Waals surface area contributed by atoms with Crippen molar-refractivity contribution in [2.24, 2.45) is 0 Å². The third kappa shape index (κ3) is 5.50. The van der Waals surface area contributed by atoms with E-state index in [1.165, 1.54) is 18.2 Å². The molecule has 0 fully saturated rings. The molecule has 1 aromatic rings. The highest BCUT2D eigenvalue weighted by Gasteiger charge is 2.21. The van der Waals surface area contributed by atoms with Crippen molar-refractivity contribution in [2.45, 2.75) is 51.6 Å². The lowest BCUT2D eigenvalue weighted by Crippen LogP contribution is -2.35. The minimum Gasteiger partial charge on any atom is -0.506 e. The summed E-state index contributed by atoms with van der Waals surface area (Å²) in [4.78, 5) is 24.6. The van der Waals surface area contributed by atoms with Gasteiger partial charge in [-0.3, -0.25) is 9.59 Å². The Morgan fingerprint density at radius 1 is 1.00 bits per heavy atom. The summed E-state index contributed by atoms with van der Waals surface area (Å²) in [6.07, 6.45) is 1.48. The predicted octanol–water partition coefficient (Wildman–Crippen LogP) is 2.24. The Morgan fingerprint density at radius 2 is 1.40 bits per heavy atom. The van der Waals surface area contributed by atoms with Crippen LogP contribution < -0.4 is 10.6 Å². The summed E-state index contributed by atoms with van der Waals surface area (Å²) in [6.45, 7) is 3.68. The van der Waals surface area contributed by atoms with E-state index < -0.39 is 17.6 Å². The quantitative estimate of drug-likeness (QED) is 0.668. The van der Waals surface area contributed by atoms with E-state index in [2.05, 4.69) is 10.6 Å². The Bertz CT molecular complexity index is 647. The highest BCUT2D eigenvalue weighted by atomic mass is 16.3. The van der Waals surface area contributed by atoms with Gasteiger partial charge in [0, 0.05) is 12.1 Å². The number of benzene rings is 1. The van der Waals surface area contributed by atoms with Crippen LogP contribution in [-0.4, -0.2) is 29.0 Å². The van der Waals surface area contributed by atoms with Gasteiger partial charge >= 0.3 is 0 Å². The number of hydrogen-bond acceptors (Lipinski definition) is 5. The van der Waals surface area contributed by atoms with Gasteiger partial charge in [0.15, 0.2) is 0 Å². The van der Waals surface area contributed by atoms with Gasteiger partial charge in [0.05, 0.1) is 36.1 Å². The fourth-order valence-corrected chi connectivity index (χ4v) is 2.25. The number of aromatic hydroxyl groups is 1. The van der Waals surface area contributed by atoms with Crippen LogP contribution >= 0.6 is 0 Å². The van der Waals surface area contributed by atoms with E-state index in [1.807, 2.05) is 26.0 Å². The molecule has 7 nitrogen and oxygen atoms in total. The Hall–Kier alpha value is -3.06. The van der Waals surface area contributed by atoms with Gasteiger partial charge in [-0.25, -0.2) is 0 Å². The molecular formula is C18H22N4O3. The molecule has 7 heteroatoms. The van der Waals surface area contributed by atoms with E-state index in [0.29, 0.717) is 12.8 Å². The van der Waals surface area contributed by atoms with Gasteiger partial charge in [-0.05, 0) is 25.0 Å². The van der Waals surface area contributed by atoms with Crippen molar-refractivity contribution in [1.29, 1.82) is 10.5 Å². The molecule has 0 heterocycles. The molecule has 0 aliphatic carbocycles. The van der Waals surface area contributed by atoms with E-state index in [1.54, 1.807) is 0 Å². The van der Waals surface area contributed by atoms with Crippen LogP contribution in [0.2, 0.25) is 0 Å². The van der Waals surface area contributed by atoms with Gasteiger partial charge in [0.25, 0.3) is 11.8 Å². The summed E-state index contributed by atoms with van der Waals surface area (Å²) in [5.74, 6) is -1.51. The summed E-state index contributed by atoms with van der Waals surface area (Å²) >= 11 is 0. The van der Waals surface area contributed by atoms with Crippen molar-refractivity contribution in [3.63, 3.8) is 0 Å². The van der Waals surface area contributed by atoms with Crippen LogP contribution in [0, 0.1) is 22.7 Å². The minimum absolute atomic E-state index is 0.0302. The van der Waals surface area contributed by atoms with Crippen LogP contribution in [0.4, 0.5) is 0 Å². The molecule has 0 bridgehead atoms. The number of amides is 2.